The van der Waals surface area contributed by atoms with Crippen LogP contribution in [0.3, 0.4) is 0 Å². The first kappa shape index (κ1) is 59.6. The molecule has 22 heteroatoms. The normalized spacial score (nSPS) is 51.5. The molecule has 9 aliphatic rings. The average Bonchev–Trinajstić information content (AvgIpc) is 3.96. The third kappa shape index (κ3) is 10.1. The number of carbonyl (C=O) groups is 2. The summed E-state index contributed by atoms with van der Waals surface area (Å²) in [4.78, 5) is 27.4. The van der Waals surface area contributed by atoms with Crippen molar-refractivity contribution in [2.45, 2.75) is 249 Å². The van der Waals surface area contributed by atoms with Crippen LogP contribution in [0.5, 0.6) is 0 Å². The van der Waals surface area contributed by atoms with E-state index in [0.29, 0.717) is 38.0 Å². The van der Waals surface area contributed by atoms with Crippen molar-refractivity contribution in [1.82, 2.24) is 0 Å². The molecule has 0 aromatic carbocycles. The highest BCUT2D eigenvalue weighted by Gasteiger charge is 2.79. The number of carbonyl (C=O) groups excluding carboxylic acids is 2. The first-order valence-corrected chi connectivity index (χ1v) is 28.0. The lowest BCUT2D eigenvalue weighted by atomic mass is 9.41. The summed E-state index contributed by atoms with van der Waals surface area (Å²) in [6, 6.07) is 0. The lowest BCUT2D eigenvalue weighted by molar-refractivity contribution is -0.382. The van der Waals surface area contributed by atoms with Gasteiger partial charge in [0.05, 0.1) is 43.4 Å². The Labute approximate surface area is 450 Å². The van der Waals surface area contributed by atoms with E-state index in [1.54, 1.807) is 0 Å². The highest BCUT2D eigenvalue weighted by molar-refractivity contribution is 5.84. The fraction of sp³-hybridized carbons (Fsp3) is 0.927. The van der Waals surface area contributed by atoms with Gasteiger partial charge in [0.1, 0.15) is 91.1 Å². The molecule has 4 aliphatic carbocycles. The maximum Gasteiger partial charge on any atom is 0.314 e. The fourth-order valence-electron chi connectivity index (χ4n) is 16.3. The smallest absolute Gasteiger partial charge is 0.314 e. The van der Waals surface area contributed by atoms with E-state index in [9.17, 15) is 55.5 Å². The number of allylic oxidation sites excluding steroid dienone is 2. The van der Waals surface area contributed by atoms with Crippen molar-refractivity contribution in [1.29, 1.82) is 0 Å². The van der Waals surface area contributed by atoms with E-state index in [0.717, 1.165) is 25.7 Å². The van der Waals surface area contributed by atoms with Crippen LogP contribution in [-0.2, 0) is 61.7 Å². The molecular formula is C55H88O22. The summed E-state index contributed by atoms with van der Waals surface area (Å²) in [5.74, 6) is -0.104. The van der Waals surface area contributed by atoms with Crippen LogP contribution in [0.1, 0.15) is 120 Å². The molecule has 3 saturated carbocycles. The van der Waals surface area contributed by atoms with Gasteiger partial charge in [0.15, 0.2) is 25.2 Å². The zero-order chi connectivity index (χ0) is 56.1. The van der Waals surface area contributed by atoms with Gasteiger partial charge < -0.3 is 98.1 Å². The number of ether oxygens (including phenoxy) is 11. The Morgan fingerprint density at radius 2 is 1.40 bits per heavy atom. The van der Waals surface area contributed by atoms with Gasteiger partial charge in [0.25, 0.3) is 0 Å². The van der Waals surface area contributed by atoms with Crippen LogP contribution in [0.4, 0.5) is 0 Å². The summed E-state index contributed by atoms with van der Waals surface area (Å²) in [5.41, 5.74) is -1.67. The second kappa shape index (κ2) is 22.3. The average molecular weight is 1100 g/mol. The highest BCUT2D eigenvalue weighted by atomic mass is 16.8. The Bertz CT molecular complexity index is 2130. The van der Waals surface area contributed by atoms with Gasteiger partial charge in [0.2, 0.25) is 0 Å². The van der Waals surface area contributed by atoms with Gasteiger partial charge in [-0.3, -0.25) is 9.59 Å². The second-order valence-electron chi connectivity index (χ2n) is 25.6. The van der Waals surface area contributed by atoms with Gasteiger partial charge in [-0.1, -0.05) is 59.6 Å². The molecular weight excluding hydrogens is 1010 g/mol. The molecule has 9 N–H and O–H groups in total. The van der Waals surface area contributed by atoms with E-state index >= 15 is 0 Å². The summed E-state index contributed by atoms with van der Waals surface area (Å²) in [6.45, 7) is 16.9. The van der Waals surface area contributed by atoms with Crippen LogP contribution >= 0.6 is 0 Å². The maximum atomic E-state index is 14.6. The quantitative estimate of drug-likeness (QED) is 0.0812. The Kier molecular flexibility index (Phi) is 17.2. The van der Waals surface area contributed by atoms with E-state index in [2.05, 4.69) is 47.6 Å². The van der Waals surface area contributed by atoms with Crippen molar-refractivity contribution in [3.05, 3.63) is 11.6 Å². The van der Waals surface area contributed by atoms with Crippen LogP contribution in [0.15, 0.2) is 11.6 Å². The third-order valence-electron chi connectivity index (χ3n) is 20.2. The molecule has 22 nitrogen and oxygen atoms in total. The SMILES string of the molecule is COC1C(O)C(CO)OC(OC2C(O)COC(OC3C(C)OC(OC4C(OC5CCC6(C)C7CCC89C(=O)OC(C)(CCCC(C)C)C8C(OC(C)=O)CC9(C)C7=CCC6C5(C)C)OCC(O)C4O)C(O)C3O)C2O)C1O. The number of methoxy groups -OCH3 is 1. The van der Waals surface area contributed by atoms with Gasteiger partial charge in [-0.25, -0.2) is 0 Å². The van der Waals surface area contributed by atoms with E-state index < -0.39 is 158 Å². The maximum absolute atomic E-state index is 14.6. The van der Waals surface area contributed by atoms with Crippen molar-refractivity contribution < 1.29 is 108 Å². The number of hydrogen-bond acceptors (Lipinski definition) is 22. The molecule has 5 saturated heterocycles. The highest BCUT2D eigenvalue weighted by Crippen LogP contribution is 2.77. The minimum absolute atomic E-state index is 0.0907. The number of rotatable bonds is 15. The number of esters is 2. The molecule has 0 aromatic heterocycles. The largest absolute Gasteiger partial charge is 0.462 e. The first-order chi connectivity index (χ1) is 36.2. The molecule has 27 unspecified atom stereocenters. The molecule has 5 heterocycles. The molecule has 0 bridgehead atoms. The van der Waals surface area contributed by atoms with Crippen molar-refractivity contribution in [2.24, 2.45) is 45.3 Å². The summed E-state index contributed by atoms with van der Waals surface area (Å²) in [6.07, 6.45) is -18.8. The van der Waals surface area contributed by atoms with Gasteiger partial charge in [-0.2, -0.15) is 0 Å². The van der Waals surface area contributed by atoms with Crippen LogP contribution < -0.4 is 0 Å². The first-order valence-electron chi connectivity index (χ1n) is 28.0. The lowest BCUT2D eigenvalue weighted by Gasteiger charge is -2.63. The number of aliphatic hydroxyl groups excluding tert-OH is 9. The summed E-state index contributed by atoms with van der Waals surface area (Å²) < 4.78 is 66.1. The molecule has 440 valence electrons. The predicted molar refractivity (Wildman–Crippen MR) is 265 cm³/mol. The van der Waals surface area contributed by atoms with E-state index in [-0.39, 0.29) is 41.7 Å². The topological polar surface area (TPSA) is 318 Å². The molecule has 0 aromatic rings. The van der Waals surface area contributed by atoms with Crippen molar-refractivity contribution in [2.75, 3.05) is 26.9 Å². The Balaban J connectivity index is 0.874. The second-order valence-corrected chi connectivity index (χ2v) is 25.6. The van der Waals surface area contributed by atoms with Gasteiger partial charge in [-0.05, 0) is 93.8 Å². The molecule has 77 heavy (non-hydrogen) atoms. The van der Waals surface area contributed by atoms with Gasteiger partial charge in [-0.15, -0.1) is 0 Å². The summed E-state index contributed by atoms with van der Waals surface area (Å²) in [7, 11) is 1.23. The molecule has 1 spiro atoms. The lowest BCUT2D eigenvalue weighted by Crippen LogP contribution is -2.65. The van der Waals surface area contributed by atoms with E-state index in [1.807, 2.05) is 6.92 Å². The molecule has 8 fully saturated rings. The van der Waals surface area contributed by atoms with Gasteiger partial charge in [0, 0.05) is 19.4 Å². The Morgan fingerprint density at radius 3 is 2.08 bits per heavy atom. The number of hydrogen-bond donors (Lipinski definition) is 9. The predicted octanol–water partition coefficient (Wildman–Crippen LogP) is 0.873. The summed E-state index contributed by atoms with van der Waals surface area (Å²) in [5, 5.41) is 98.7. The van der Waals surface area contributed by atoms with Crippen LogP contribution in [0, 0.1) is 45.3 Å². The number of fused-ring (bicyclic) bond motifs is 4. The molecule has 5 aliphatic heterocycles. The van der Waals surface area contributed by atoms with Crippen LogP contribution in [0.25, 0.3) is 0 Å². The molecule has 27 atom stereocenters. The Morgan fingerprint density at radius 1 is 0.753 bits per heavy atom. The number of aliphatic hydroxyl groups is 9. The molecule has 9 rings (SSSR count). The van der Waals surface area contributed by atoms with Crippen molar-refractivity contribution in [3.63, 3.8) is 0 Å². The standard InChI is InChI=1S/C55H88O22/c1-24(2)12-11-17-54(9)45-31(71-26(4)57)20-53(8)28-13-14-33-51(5,6)34(16-18-52(33,7)27(28)15-19-55(45,53)50(66)77-54)73-49-44(35(60)29(58)22-69-49)76-47-38(63)37(62)41(25(3)70-47)74-46-39(64)42(30(59)23-68-46)75-48-40(65)43(67-10)36(61)32(21-56)72-48/h13,24-25,27,29-49,56,58-65H,11-12,14-23H2,1-10H3. The van der Waals surface area contributed by atoms with Crippen molar-refractivity contribution in [3.8, 4) is 0 Å². The monoisotopic (exact) mass is 1100 g/mol. The van der Waals surface area contributed by atoms with Gasteiger partial charge >= 0.3 is 11.9 Å². The zero-order valence-electron chi connectivity index (χ0n) is 46.3. The fourth-order valence-corrected chi connectivity index (χ4v) is 16.3. The van der Waals surface area contributed by atoms with Crippen LogP contribution in [0.2, 0.25) is 0 Å². The van der Waals surface area contributed by atoms with Crippen molar-refractivity contribution >= 4 is 11.9 Å². The molecule has 0 radical (unpaired) electrons. The Hall–Kier alpha value is -2.04. The summed E-state index contributed by atoms with van der Waals surface area (Å²) >= 11 is 0. The third-order valence-corrected chi connectivity index (χ3v) is 20.2. The zero-order valence-corrected chi connectivity index (χ0v) is 46.3. The van der Waals surface area contributed by atoms with E-state index in [4.69, 9.17) is 52.1 Å². The van der Waals surface area contributed by atoms with Crippen LogP contribution in [-0.4, -0.2) is 213 Å². The number of cyclic esters (lactones) is 1. The minimum atomic E-state index is -1.84. The van der Waals surface area contributed by atoms with E-state index in [1.165, 1.54) is 26.5 Å². The minimum Gasteiger partial charge on any atom is -0.462 e. The molecule has 0 amide bonds.